The lowest BCUT2D eigenvalue weighted by Crippen LogP contribution is -2.32. The van der Waals surface area contributed by atoms with Crippen LogP contribution in [0.1, 0.15) is 26.9 Å². The Kier molecular flexibility index (Phi) is 5.76. The largest absolute Gasteiger partial charge is 0.443 e. The van der Waals surface area contributed by atoms with Crippen molar-refractivity contribution in [1.82, 2.24) is 5.32 Å². The van der Waals surface area contributed by atoms with Crippen molar-refractivity contribution >= 4 is 23.2 Å². The molecule has 0 saturated carbocycles. The van der Waals surface area contributed by atoms with Gasteiger partial charge in [0, 0.05) is 12.1 Å². The molecule has 1 N–H and O–H groups in total. The highest BCUT2D eigenvalue weighted by atomic mass is 32.1. The van der Waals surface area contributed by atoms with Crippen LogP contribution in [0.25, 0.3) is 0 Å². The molecule has 0 fully saturated rings. The Hall–Kier alpha value is -2.99. The zero-order valence-electron chi connectivity index (χ0n) is 13.7. The van der Waals surface area contributed by atoms with Crippen LogP contribution in [-0.4, -0.2) is 11.9 Å². The van der Waals surface area contributed by atoms with Gasteiger partial charge in [-0.1, -0.05) is 54.6 Å². The topological polar surface area (TPSA) is 55.4 Å². The number of nitrogens with one attached hydrogen (secondary N) is 1. The number of carbonyl (C=O) groups excluding carboxylic acids is 2. The van der Waals surface area contributed by atoms with Crippen molar-refractivity contribution in [3.05, 3.63) is 93.9 Å². The molecule has 0 radical (unpaired) electrons. The number of hydrogen-bond acceptors (Lipinski definition) is 4. The molecule has 2 aromatic carbocycles. The normalized spacial score (nSPS) is 11.6. The lowest BCUT2D eigenvalue weighted by Gasteiger charge is -2.18. The summed E-state index contributed by atoms with van der Waals surface area (Å²) in [6, 6.07) is 18.4. The van der Waals surface area contributed by atoms with E-state index in [9.17, 15) is 14.0 Å². The molecule has 0 bridgehead atoms. The van der Waals surface area contributed by atoms with E-state index < -0.39 is 23.8 Å². The van der Waals surface area contributed by atoms with E-state index in [2.05, 4.69) is 5.32 Å². The molecule has 6 heteroatoms. The summed E-state index contributed by atoms with van der Waals surface area (Å²) in [6.07, 6.45) is -1.37. The van der Waals surface area contributed by atoms with Gasteiger partial charge in [-0.15, -0.1) is 11.3 Å². The molecule has 0 aliphatic carbocycles. The molecule has 26 heavy (non-hydrogen) atoms. The minimum Gasteiger partial charge on any atom is -0.443 e. The van der Waals surface area contributed by atoms with Crippen molar-refractivity contribution in [2.75, 3.05) is 0 Å². The molecular formula is C20H16FNO3S. The third-order valence-electron chi connectivity index (χ3n) is 3.68. The van der Waals surface area contributed by atoms with Crippen molar-refractivity contribution in [2.45, 2.75) is 12.6 Å². The second-order valence-electron chi connectivity index (χ2n) is 5.49. The lowest BCUT2D eigenvalue weighted by atomic mass is 10.1. The highest BCUT2D eigenvalue weighted by molar-refractivity contribution is 7.11. The van der Waals surface area contributed by atoms with Gasteiger partial charge in [-0.2, -0.15) is 0 Å². The van der Waals surface area contributed by atoms with E-state index in [-0.39, 0.29) is 12.1 Å². The molecule has 0 saturated heterocycles. The second-order valence-corrected chi connectivity index (χ2v) is 6.44. The van der Waals surface area contributed by atoms with Crippen LogP contribution in [0.15, 0.2) is 72.1 Å². The summed E-state index contributed by atoms with van der Waals surface area (Å²) in [4.78, 5) is 25.2. The highest BCUT2D eigenvalue weighted by Gasteiger charge is 2.28. The Labute approximate surface area is 154 Å². The van der Waals surface area contributed by atoms with Gasteiger partial charge in [0.15, 0.2) is 0 Å². The Bertz CT molecular complexity index is 881. The quantitative estimate of drug-likeness (QED) is 0.666. The molecule has 0 aliphatic rings. The number of thiophene rings is 1. The van der Waals surface area contributed by atoms with E-state index in [0.717, 1.165) is 5.56 Å². The minimum absolute atomic E-state index is 0.0166. The summed E-state index contributed by atoms with van der Waals surface area (Å²) in [5.74, 6) is -1.85. The average molecular weight is 369 g/mol. The van der Waals surface area contributed by atoms with Crippen LogP contribution in [0.2, 0.25) is 0 Å². The van der Waals surface area contributed by atoms with Gasteiger partial charge in [-0.25, -0.2) is 9.18 Å². The SMILES string of the molecule is O=C(OC(C(=O)NCc1ccccc1)c1ccccc1F)c1cccs1. The Balaban J connectivity index is 1.79. The fourth-order valence-electron chi connectivity index (χ4n) is 2.38. The van der Waals surface area contributed by atoms with Crippen LogP contribution >= 0.6 is 11.3 Å². The van der Waals surface area contributed by atoms with Gasteiger partial charge in [0.2, 0.25) is 6.10 Å². The third-order valence-corrected chi connectivity index (χ3v) is 4.53. The molecule has 1 amide bonds. The van der Waals surface area contributed by atoms with Gasteiger partial charge >= 0.3 is 5.97 Å². The van der Waals surface area contributed by atoms with E-state index in [1.165, 1.54) is 29.5 Å². The fourth-order valence-corrected chi connectivity index (χ4v) is 2.99. The first-order valence-corrected chi connectivity index (χ1v) is 8.83. The molecule has 132 valence electrons. The van der Waals surface area contributed by atoms with E-state index >= 15 is 0 Å². The Morgan fingerprint density at radius 1 is 1.00 bits per heavy atom. The molecule has 4 nitrogen and oxygen atoms in total. The third kappa shape index (κ3) is 4.34. The Morgan fingerprint density at radius 3 is 2.42 bits per heavy atom. The second kappa shape index (κ2) is 8.40. The van der Waals surface area contributed by atoms with E-state index in [1.54, 1.807) is 23.6 Å². The summed E-state index contributed by atoms with van der Waals surface area (Å²) in [5, 5.41) is 4.42. The summed E-state index contributed by atoms with van der Waals surface area (Å²) in [7, 11) is 0. The number of amides is 1. The van der Waals surface area contributed by atoms with E-state index in [0.29, 0.717) is 4.88 Å². The van der Waals surface area contributed by atoms with Crippen LogP contribution in [0, 0.1) is 5.82 Å². The van der Waals surface area contributed by atoms with Crippen molar-refractivity contribution in [3.8, 4) is 0 Å². The van der Waals surface area contributed by atoms with Crippen LogP contribution < -0.4 is 5.32 Å². The van der Waals surface area contributed by atoms with Crippen molar-refractivity contribution in [1.29, 1.82) is 0 Å². The van der Waals surface area contributed by atoms with Crippen LogP contribution in [0.5, 0.6) is 0 Å². The van der Waals surface area contributed by atoms with E-state index in [1.807, 2.05) is 30.3 Å². The van der Waals surface area contributed by atoms with Crippen LogP contribution in [-0.2, 0) is 16.1 Å². The summed E-state index contributed by atoms with van der Waals surface area (Å²) in [5.41, 5.74) is 0.903. The fraction of sp³-hybridized carbons (Fsp3) is 0.100. The zero-order valence-corrected chi connectivity index (χ0v) is 14.5. The summed E-state index contributed by atoms with van der Waals surface area (Å²) in [6.45, 7) is 0.251. The van der Waals surface area contributed by atoms with Gasteiger partial charge in [-0.05, 0) is 23.1 Å². The monoisotopic (exact) mass is 369 g/mol. The Morgan fingerprint density at radius 2 is 1.73 bits per heavy atom. The molecule has 1 heterocycles. The summed E-state index contributed by atoms with van der Waals surface area (Å²) < 4.78 is 19.5. The van der Waals surface area contributed by atoms with Gasteiger partial charge < -0.3 is 10.1 Å². The average Bonchev–Trinajstić information content (AvgIpc) is 3.20. The smallest absolute Gasteiger partial charge is 0.349 e. The van der Waals surface area contributed by atoms with Gasteiger partial charge in [0.25, 0.3) is 5.91 Å². The van der Waals surface area contributed by atoms with Crippen molar-refractivity contribution in [2.24, 2.45) is 0 Å². The molecule has 1 atom stereocenters. The molecule has 1 aromatic heterocycles. The minimum atomic E-state index is -1.37. The zero-order chi connectivity index (χ0) is 18.4. The number of benzene rings is 2. The molecular weight excluding hydrogens is 353 g/mol. The van der Waals surface area contributed by atoms with Crippen molar-refractivity contribution in [3.63, 3.8) is 0 Å². The lowest BCUT2D eigenvalue weighted by molar-refractivity contribution is -0.130. The number of ether oxygens (including phenoxy) is 1. The maximum atomic E-state index is 14.2. The van der Waals surface area contributed by atoms with Gasteiger partial charge in [0.1, 0.15) is 10.7 Å². The maximum Gasteiger partial charge on any atom is 0.349 e. The molecule has 0 spiro atoms. The number of rotatable bonds is 6. The molecule has 3 rings (SSSR count). The number of halogens is 1. The van der Waals surface area contributed by atoms with Crippen molar-refractivity contribution < 1.29 is 18.7 Å². The summed E-state index contributed by atoms with van der Waals surface area (Å²) >= 11 is 1.19. The first-order valence-electron chi connectivity index (χ1n) is 7.95. The highest BCUT2D eigenvalue weighted by Crippen LogP contribution is 2.23. The first kappa shape index (κ1) is 17.8. The first-order chi connectivity index (χ1) is 12.6. The predicted octanol–water partition coefficient (Wildman–Crippen LogP) is 4.10. The standard InChI is InChI=1S/C20H16FNO3S/c21-16-10-5-4-9-15(16)18(25-20(24)17-11-6-12-26-17)19(23)22-13-14-7-2-1-3-8-14/h1-12,18H,13H2,(H,22,23). The molecule has 3 aromatic rings. The molecule has 0 aliphatic heterocycles. The van der Waals surface area contributed by atoms with Crippen LogP contribution in [0.4, 0.5) is 4.39 Å². The number of esters is 1. The van der Waals surface area contributed by atoms with E-state index in [4.69, 9.17) is 4.74 Å². The number of carbonyl (C=O) groups is 2. The maximum absolute atomic E-state index is 14.2. The van der Waals surface area contributed by atoms with Crippen LogP contribution in [0.3, 0.4) is 0 Å². The van der Waals surface area contributed by atoms with Gasteiger partial charge in [0.05, 0.1) is 0 Å². The number of hydrogen-bond donors (Lipinski definition) is 1. The van der Waals surface area contributed by atoms with Gasteiger partial charge in [-0.3, -0.25) is 4.79 Å². The molecule has 1 unspecified atom stereocenters. The predicted molar refractivity (Wildman–Crippen MR) is 97.2 cm³/mol.